The molecule has 0 aromatic heterocycles. The van der Waals surface area contributed by atoms with E-state index in [-0.39, 0.29) is 0 Å². The first kappa shape index (κ1) is 11.4. The lowest BCUT2D eigenvalue weighted by Crippen LogP contribution is -1.99. The molecule has 0 heterocycles. The highest BCUT2D eigenvalue weighted by atomic mass is 19.2. The third-order valence-corrected chi connectivity index (χ3v) is 1.92. The van der Waals surface area contributed by atoms with Gasteiger partial charge in [0.1, 0.15) is 0 Å². The summed E-state index contributed by atoms with van der Waals surface area (Å²) in [5, 5.41) is 2.98. The Bertz CT molecular complexity index is 383. The Hall–Kier alpha value is -1.64. The Labute approximate surface area is 88.1 Å². The molecule has 0 aliphatic rings. The summed E-state index contributed by atoms with van der Waals surface area (Å²) in [6.45, 7) is 5.53. The Morgan fingerprint density at radius 1 is 1.40 bits per heavy atom. The van der Waals surface area contributed by atoms with Gasteiger partial charge in [-0.25, -0.2) is 8.78 Å². The molecule has 1 nitrogen and oxygen atoms in total. The van der Waals surface area contributed by atoms with Crippen molar-refractivity contribution in [1.29, 1.82) is 0 Å². The van der Waals surface area contributed by atoms with Gasteiger partial charge in [-0.15, -0.1) is 0 Å². The molecule has 15 heavy (non-hydrogen) atoms. The summed E-state index contributed by atoms with van der Waals surface area (Å²) >= 11 is 0. The normalized spacial score (nSPS) is 11.3. The zero-order chi connectivity index (χ0) is 11.3. The number of rotatable bonds is 4. The van der Waals surface area contributed by atoms with Gasteiger partial charge in [0.15, 0.2) is 11.6 Å². The summed E-state index contributed by atoms with van der Waals surface area (Å²) in [6, 6.07) is 3.71. The van der Waals surface area contributed by atoms with E-state index in [0.29, 0.717) is 5.69 Å². The van der Waals surface area contributed by atoms with Crippen LogP contribution >= 0.6 is 0 Å². The summed E-state index contributed by atoms with van der Waals surface area (Å²) in [5.74, 6) is -1.69. The molecular formula is C12H13F2N. The van der Waals surface area contributed by atoms with Crippen molar-refractivity contribution in [2.75, 3.05) is 5.32 Å². The van der Waals surface area contributed by atoms with Gasteiger partial charge in [-0.1, -0.05) is 19.6 Å². The molecule has 0 radical (unpaired) electrons. The molecule has 0 fully saturated rings. The molecule has 1 aromatic rings. The molecule has 0 bridgehead atoms. The highest BCUT2D eigenvalue weighted by Crippen LogP contribution is 2.15. The molecule has 1 aromatic carbocycles. The van der Waals surface area contributed by atoms with E-state index in [9.17, 15) is 8.78 Å². The van der Waals surface area contributed by atoms with Crippen LogP contribution in [0.1, 0.15) is 13.3 Å². The predicted molar refractivity (Wildman–Crippen MR) is 58.6 cm³/mol. The van der Waals surface area contributed by atoms with Crippen LogP contribution in [0.5, 0.6) is 0 Å². The SMILES string of the molecule is C=C/C=C(\CC)Nc1ccc(F)c(F)c1. The van der Waals surface area contributed by atoms with Crippen LogP contribution in [-0.2, 0) is 0 Å². The maximum absolute atomic E-state index is 12.9. The van der Waals surface area contributed by atoms with Crippen molar-refractivity contribution in [3.05, 3.63) is 54.3 Å². The first-order valence-electron chi connectivity index (χ1n) is 4.71. The first-order chi connectivity index (χ1) is 7.17. The van der Waals surface area contributed by atoms with E-state index in [4.69, 9.17) is 0 Å². The number of hydrogen-bond donors (Lipinski definition) is 1. The summed E-state index contributed by atoms with van der Waals surface area (Å²) in [4.78, 5) is 0. The van der Waals surface area contributed by atoms with Crippen molar-refractivity contribution < 1.29 is 8.78 Å². The number of hydrogen-bond acceptors (Lipinski definition) is 1. The first-order valence-corrected chi connectivity index (χ1v) is 4.71. The smallest absolute Gasteiger partial charge is 0.160 e. The van der Waals surface area contributed by atoms with Crippen molar-refractivity contribution in [1.82, 2.24) is 0 Å². The van der Waals surface area contributed by atoms with Crippen LogP contribution in [0.4, 0.5) is 14.5 Å². The number of allylic oxidation sites excluding steroid dienone is 3. The fourth-order valence-corrected chi connectivity index (χ4v) is 1.15. The second kappa shape index (κ2) is 5.29. The van der Waals surface area contributed by atoms with Crippen LogP contribution in [0.15, 0.2) is 42.6 Å². The number of nitrogens with one attached hydrogen (secondary N) is 1. The van der Waals surface area contributed by atoms with Gasteiger partial charge in [0.25, 0.3) is 0 Å². The van der Waals surface area contributed by atoms with Crippen molar-refractivity contribution in [3.63, 3.8) is 0 Å². The fraction of sp³-hybridized carbons (Fsp3) is 0.167. The largest absolute Gasteiger partial charge is 0.359 e. The molecule has 0 saturated heterocycles. The average Bonchev–Trinajstić information content (AvgIpc) is 2.23. The van der Waals surface area contributed by atoms with Gasteiger partial charge in [0, 0.05) is 17.5 Å². The topological polar surface area (TPSA) is 12.0 Å². The molecule has 0 saturated carbocycles. The van der Waals surface area contributed by atoms with E-state index in [0.717, 1.165) is 24.3 Å². The number of anilines is 1. The molecule has 0 spiro atoms. The van der Waals surface area contributed by atoms with E-state index in [2.05, 4.69) is 11.9 Å². The third kappa shape index (κ3) is 3.20. The van der Waals surface area contributed by atoms with Crippen LogP contribution in [-0.4, -0.2) is 0 Å². The summed E-state index contributed by atoms with van der Waals surface area (Å²) in [6.07, 6.45) is 4.21. The van der Waals surface area contributed by atoms with Crippen LogP contribution in [0.2, 0.25) is 0 Å². The predicted octanol–water partition coefficient (Wildman–Crippen LogP) is 3.86. The quantitative estimate of drug-likeness (QED) is 0.742. The third-order valence-electron chi connectivity index (χ3n) is 1.92. The van der Waals surface area contributed by atoms with Crippen LogP contribution < -0.4 is 5.32 Å². The summed E-state index contributed by atoms with van der Waals surface area (Å²) in [5.41, 5.74) is 1.43. The Balaban J connectivity index is 2.84. The van der Waals surface area contributed by atoms with Crippen molar-refractivity contribution in [2.45, 2.75) is 13.3 Å². The Morgan fingerprint density at radius 2 is 2.13 bits per heavy atom. The van der Waals surface area contributed by atoms with E-state index in [1.807, 2.05) is 6.92 Å². The molecule has 0 amide bonds. The zero-order valence-electron chi connectivity index (χ0n) is 8.56. The molecule has 1 rings (SSSR count). The fourth-order valence-electron chi connectivity index (χ4n) is 1.15. The van der Waals surface area contributed by atoms with Crippen LogP contribution in [0, 0.1) is 11.6 Å². The van der Waals surface area contributed by atoms with Gasteiger partial charge in [-0.3, -0.25) is 0 Å². The van der Waals surface area contributed by atoms with Crippen molar-refractivity contribution in [2.24, 2.45) is 0 Å². The maximum Gasteiger partial charge on any atom is 0.160 e. The van der Waals surface area contributed by atoms with Crippen LogP contribution in [0.3, 0.4) is 0 Å². The minimum atomic E-state index is -0.853. The van der Waals surface area contributed by atoms with Crippen molar-refractivity contribution in [3.8, 4) is 0 Å². The molecule has 3 heteroatoms. The number of halogens is 2. The lowest BCUT2D eigenvalue weighted by Gasteiger charge is -2.08. The molecule has 1 N–H and O–H groups in total. The second-order valence-corrected chi connectivity index (χ2v) is 3.04. The average molecular weight is 209 g/mol. The maximum atomic E-state index is 12.9. The van der Waals surface area contributed by atoms with Gasteiger partial charge >= 0.3 is 0 Å². The highest BCUT2D eigenvalue weighted by Gasteiger charge is 2.02. The highest BCUT2D eigenvalue weighted by molar-refractivity contribution is 5.48. The van der Waals surface area contributed by atoms with E-state index < -0.39 is 11.6 Å². The summed E-state index contributed by atoms with van der Waals surface area (Å²) in [7, 11) is 0. The second-order valence-electron chi connectivity index (χ2n) is 3.04. The monoisotopic (exact) mass is 209 g/mol. The minimum absolute atomic E-state index is 0.531. The molecule has 0 atom stereocenters. The Kier molecular flexibility index (Phi) is 4.03. The van der Waals surface area contributed by atoms with Crippen molar-refractivity contribution >= 4 is 5.69 Å². The molecular weight excluding hydrogens is 196 g/mol. The van der Waals surface area contributed by atoms with Gasteiger partial charge in [0.05, 0.1) is 0 Å². The molecule has 0 unspecified atom stereocenters. The zero-order valence-corrected chi connectivity index (χ0v) is 8.56. The van der Waals surface area contributed by atoms with Gasteiger partial charge < -0.3 is 5.32 Å². The lowest BCUT2D eigenvalue weighted by molar-refractivity contribution is 0.509. The van der Waals surface area contributed by atoms with Gasteiger partial charge in [-0.05, 0) is 24.6 Å². The Morgan fingerprint density at radius 3 is 2.67 bits per heavy atom. The van der Waals surface area contributed by atoms with Gasteiger partial charge in [0.2, 0.25) is 0 Å². The standard InChI is InChI=1S/C12H13F2N/c1-3-5-9(4-2)15-10-6-7-11(13)12(14)8-10/h3,5-8,15H,1,4H2,2H3/b9-5+. The lowest BCUT2D eigenvalue weighted by atomic mass is 10.2. The van der Waals surface area contributed by atoms with Crippen LogP contribution in [0.25, 0.3) is 0 Å². The van der Waals surface area contributed by atoms with E-state index >= 15 is 0 Å². The molecule has 0 aliphatic carbocycles. The van der Waals surface area contributed by atoms with E-state index in [1.54, 1.807) is 12.2 Å². The van der Waals surface area contributed by atoms with Gasteiger partial charge in [-0.2, -0.15) is 0 Å². The minimum Gasteiger partial charge on any atom is -0.359 e. The molecule has 0 aliphatic heterocycles. The molecule has 80 valence electrons. The van der Waals surface area contributed by atoms with E-state index in [1.165, 1.54) is 6.07 Å². The number of benzene rings is 1. The summed E-state index contributed by atoms with van der Waals surface area (Å²) < 4.78 is 25.5.